The maximum atomic E-state index is 11.7. The van der Waals surface area contributed by atoms with Gasteiger partial charge in [0, 0.05) is 6.42 Å². The molecule has 0 heterocycles. The third kappa shape index (κ3) is 8.78. The molecule has 0 aromatic heterocycles. The van der Waals surface area contributed by atoms with Gasteiger partial charge in [-0.3, -0.25) is 0 Å². The average Bonchev–Trinajstić information content (AvgIpc) is 3.67. The number of carbonyl (C=O) groups is 1. The van der Waals surface area contributed by atoms with Crippen molar-refractivity contribution >= 4 is 22.8 Å². The van der Waals surface area contributed by atoms with Crippen LogP contribution in [0.25, 0.3) is 0 Å². The molecule has 4 aliphatic carbocycles. The number of hydrogen-bond donors (Lipinski definition) is 1. The Balaban J connectivity index is 1.54. The van der Waals surface area contributed by atoms with E-state index < -0.39 is 34.5 Å². The van der Waals surface area contributed by atoms with Gasteiger partial charge in [-0.1, -0.05) is 91.8 Å². The van der Waals surface area contributed by atoms with Gasteiger partial charge in [0.05, 0.1) is 19.3 Å². The first-order valence-corrected chi connectivity index (χ1v) is 24.9. The number of rotatable bonds is 10. The van der Waals surface area contributed by atoms with Crippen molar-refractivity contribution in [1.29, 1.82) is 0 Å². The molecule has 7 atom stereocenters. The van der Waals surface area contributed by atoms with E-state index in [1.165, 1.54) is 38.4 Å². The molecule has 0 spiro atoms. The van der Waals surface area contributed by atoms with Gasteiger partial charge in [-0.2, -0.15) is 0 Å². The molecule has 6 nitrogen and oxygen atoms in total. The molecule has 0 aromatic rings. The van der Waals surface area contributed by atoms with Crippen molar-refractivity contribution in [3.05, 3.63) is 47.6 Å². The zero-order valence-corrected chi connectivity index (χ0v) is 35.3. The normalized spacial score (nSPS) is 32.3. The summed E-state index contributed by atoms with van der Waals surface area (Å²) in [6.45, 7) is 32.8. The largest absolute Gasteiger partial charge is 0.508 e. The van der Waals surface area contributed by atoms with Crippen LogP contribution in [0.2, 0.25) is 36.3 Å². The van der Waals surface area contributed by atoms with E-state index in [2.05, 4.69) is 111 Å². The lowest BCUT2D eigenvalue weighted by Gasteiger charge is -2.45. The number of hydrogen-bond acceptors (Lipinski definition) is 6. The van der Waals surface area contributed by atoms with Gasteiger partial charge >= 0.3 is 6.16 Å². The summed E-state index contributed by atoms with van der Waals surface area (Å²) in [6.07, 6.45) is 16.5. The predicted molar refractivity (Wildman–Crippen MR) is 207 cm³/mol. The van der Waals surface area contributed by atoms with E-state index in [0.29, 0.717) is 30.6 Å². The molecule has 0 bridgehead atoms. The Morgan fingerprint density at radius 3 is 2.14 bits per heavy atom. The Kier molecular flexibility index (Phi) is 11.9. The fourth-order valence-corrected chi connectivity index (χ4v) is 11.0. The number of ether oxygens (including phenoxy) is 2. The zero-order chi connectivity index (χ0) is 36.8. The summed E-state index contributed by atoms with van der Waals surface area (Å²) in [5.74, 6) is 1.40. The molecular formula is C41H70O6Si2. The topological polar surface area (TPSA) is 74.2 Å². The van der Waals surface area contributed by atoms with Gasteiger partial charge in [-0.15, -0.1) is 0 Å². The third-order valence-electron chi connectivity index (χ3n) is 13.7. The quantitative estimate of drug-likeness (QED) is 0.138. The predicted octanol–water partition coefficient (Wildman–Crippen LogP) is 11.1. The first-order chi connectivity index (χ1) is 22.5. The van der Waals surface area contributed by atoms with Gasteiger partial charge in [0.2, 0.25) is 0 Å². The summed E-state index contributed by atoms with van der Waals surface area (Å²) in [7, 11) is -2.68. The second-order valence-electron chi connectivity index (χ2n) is 19.2. The number of aliphatic hydroxyl groups is 1. The Hall–Kier alpha value is -1.46. The third-order valence-corrected chi connectivity index (χ3v) is 22.8. The maximum absolute atomic E-state index is 11.7. The van der Waals surface area contributed by atoms with Crippen molar-refractivity contribution in [3.63, 3.8) is 0 Å². The molecule has 4 fully saturated rings. The molecule has 278 valence electrons. The SMILES string of the molecule is C=C1C(=CC=C2CCC[C@]3(C)[C@@H]([C@H](C)C=C[C@@H](O)C4(OC(=O)OC)CC4)CC[C@@H]23)C[C@@H](O[Si](C)(C)C(C)(C)C)C[C@@H]1O[Si](C)(C)C(C)(C)C. The molecule has 0 saturated heterocycles. The van der Waals surface area contributed by atoms with Gasteiger partial charge in [-0.05, 0) is 122 Å². The molecular weight excluding hydrogens is 645 g/mol. The van der Waals surface area contributed by atoms with E-state index in [4.69, 9.17) is 13.6 Å². The molecule has 4 rings (SSSR count). The lowest BCUT2D eigenvalue weighted by atomic mass is 9.61. The summed E-state index contributed by atoms with van der Waals surface area (Å²) in [4.78, 5) is 11.7. The van der Waals surface area contributed by atoms with E-state index in [1.807, 2.05) is 6.08 Å². The fourth-order valence-electron chi connectivity index (χ4n) is 8.29. The summed E-state index contributed by atoms with van der Waals surface area (Å²) < 4.78 is 24.3. The van der Waals surface area contributed by atoms with Gasteiger partial charge in [-0.25, -0.2) is 4.79 Å². The molecule has 49 heavy (non-hydrogen) atoms. The van der Waals surface area contributed by atoms with Crippen LogP contribution in [0.1, 0.15) is 113 Å². The highest BCUT2D eigenvalue weighted by molar-refractivity contribution is 6.74. The summed E-state index contributed by atoms with van der Waals surface area (Å²) in [6, 6.07) is 0. The Morgan fingerprint density at radius 1 is 0.959 bits per heavy atom. The molecule has 4 saturated carbocycles. The van der Waals surface area contributed by atoms with Crippen molar-refractivity contribution in [2.24, 2.45) is 23.2 Å². The lowest BCUT2D eigenvalue weighted by molar-refractivity contribution is -0.0245. The van der Waals surface area contributed by atoms with Crippen LogP contribution in [0.4, 0.5) is 4.79 Å². The van der Waals surface area contributed by atoms with Crippen LogP contribution >= 0.6 is 0 Å². The van der Waals surface area contributed by atoms with Crippen molar-refractivity contribution in [2.45, 2.75) is 173 Å². The number of fused-ring (bicyclic) bond motifs is 1. The minimum atomic E-state index is -2.02. The van der Waals surface area contributed by atoms with Crippen LogP contribution in [-0.2, 0) is 18.3 Å². The van der Waals surface area contributed by atoms with Crippen LogP contribution < -0.4 is 0 Å². The second kappa shape index (κ2) is 14.5. The number of aliphatic hydroxyl groups excluding tert-OH is 1. The van der Waals surface area contributed by atoms with E-state index in [1.54, 1.807) is 5.57 Å². The molecule has 0 unspecified atom stereocenters. The Morgan fingerprint density at radius 2 is 1.57 bits per heavy atom. The number of allylic oxidation sites excluding steroid dienone is 4. The van der Waals surface area contributed by atoms with Gasteiger partial charge < -0.3 is 23.4 Å². The smallest absolute Gasteiger partial charge is 0.438 e. The van der Waals surface area contributed by atoms with Crippen LogP contribution in [0.5, 0.6) is 0 Å². The Bertz CT molecular complexity index is 1310. The van der Waals surface area contributed by atoms with E-state index in [-0.39, 0.29) is 27.7 Å². The molecule has 8 heteroatoms. The molecule has 4 aliphatic rings. The highest BCUT2D eigenvalue weighted by Gasteiger charge is 2.54. The zero-order valence-electron chi connectivity index (χ0n) is 33.3. The van der Waals surface area contributed by atoms with Gasteiger partial charge in [0.25, 0.3) is 0 Å². The average molecular weight is 715 g/mol. The highest BCUT2D eigenvalue weighted by Crippen LogP contribution is 2.60. The van der Waals surface area contributed by atoms with Crippen molar-refractivity contribution in [3.8, 4) is 0 Å². The van der Waals surface area contributed by atoms with Crippen molar-refractivity contribution < 1.29 is 28.2 Å². The molecule has 0 radical (unpaired) electrons. The highest BCUT2D eigenvalue weighted by atomic mass is 28.4. The second-order valence-corrected chi connectivity index (χ2v) is 28.7. The minimum absolute atomic E-state index is 0.0164. The van der Waals surface area contributed by atoms with E-state index in [0.717, 1.165) is 24.8 Å². The molecule has 0 amide bonds. The fraction of sp³-hybridized carbons (Fsp3) is 0.780. The van der Waals surface area contributed by atoms with Crippen LogP contribution in [0.15, 0.2) is 47.6 Å². The Labute approximate surface area is 301 Å². The lowest BCUT2D eigenvalue weighted by Crippen LogP contribution is -2.49. The van der Waals surface area contributed by atoms with Crippen LogP contribution in [0.3, 0.4) is 0 Å². The molecule has 1 N–H and O–H groups in total. The standard InChI is InChI=1S/C41H70O6Si2/c1-28(17-22-36(42)41(24-25-41)45-37(43)44-10)33-20-21-34-30(16-15-23-40(33,34)9)18-19-31-26-32(46-48(11,12)38(3,4)5)27-35(29(31)2)47-49(13,14)39(6,7)8/h17-19,22,28,32-36,42H,2,15-16,20-21,23-27H2,1,3-14H3/t28-,32-,33-,34+,35+,36-,40-/m1/s1. The minimum Gasteiger partial charge on any atom is -0.438 e. The molecule has 0 aromatic carbocycles. The maximum Gasteiger partial charge on any atom is 0.508 e. The van der Waals surface area contributed by atoms with E-state index in [9.17, 15) is 9.90 Å². The van der Waals surface area contributed by atoms with E-state index >= 15 is 0 Å². The molecule has 0 aliphatic heterocycles. The summed E-state index contributed by atoms with van der Waals surface area (Å²) >= 11 is 0. The van der Waals surface area contributed by atoms with Gasteiger partial charge in [0.1, 0.15) is 11.7 Å². The van der Waals surface area contributed by atoms with Crippen molar-refractivity contribution in [1.82, 2.24) is 0 Å². The monoisotopic (exact) mass is 714 g/mol. The van der Waals surface area contributed by atoms with Crippen molar-refractivity contribution in [2.75, 3.05) is 7.11 Å². The van der Waals surface area contributed by atoms with Crippen LogP contribution in [-0.4, -0.2) is 58.9 Å². The number of methoxy groups -OCH3 is 1. The number of carbonyl (C=O) groups excluding carboxylic acids is 1. The first-order valence-electron chi connectivity index (χ1n) is 19.0. The summed E-state index contributed by atoms with van der Waals surface area (Å²) in [5.41, 5.74) is 3.39. The first kappa shape index (κ1) is 40.3. The van der Waals surface area contributed by atoms with Crippen LogP contribution in [0, 0.1) is 23.2 Å². The van der Waals surface area contributed by atoms with Gasteiger partial charge in [0.15, 0.2) is 16.6 Å². The summed E-state index contributed by atoms with van der Waals surface area (Å²) in [5, 5.41) is 11.2.